The van der Waals surface area contributed by atoms with E-state index in [-0.39, 0.29) is 18.3 Å². The van der Waals surface area contributed by atoms with Gasteiger partial charge in [0.05, 0.1) is 23.5 Å². The second-order valence-electron chi connectivity index (χ2n) is 6.40. The van der Waals surface area contributed by atoms with Gasteiger partial charge < -0.3 is 20.5 Å². The minimum atomic E-state index is -0.422. The van der Waals surface area contributed by atoms with Crippen LogP contribution in [0.25, 0.3) is 5.69 Å². The lowest BCUT2D eigenvalue weighted by molar-refractivity contribution is 0.0889. The molecule has 2 aromatic rings. The first kappa shape index (κ1) is 23.9. The van der Waals surface area contributed by atoms with Crippen molar-refractivity contribution in [1.29, 1.82) is 0 Å². The first-order valence-corrected chi connectivity index (χ1v) is 9.17. The van der Waals surface area contributed by atoms with Crippen LogP contribution in [-0.4, -0.2) is 53.3 Å². The average Bonchev–Trinajstić information content (AvgIpc) is 3.09. The third-order valence-electron chi connectivity index (χ3n) is 4.74. The zero-order chi connectivity index (χ0) is 19.9. The molecule has 0 aliphatic heterocycles. The fourth-order valence-electron chi connectivity index (χ4n) is 2.69. The first-order chi connectivity index (χ1) is 13.0. The van der Waals surface area contributed by atoms with Crippen LogP contribution in [0.4, 0.5) is 0 Å². The van der Waals surface area contributed by atoms with Crippen molar-refractivity contribution in [2.75, 3.05) is 26.9 Å². The smallest absolute Gasteiger partial charge is 0.274 e. The number of benzene rings is 1. The maximum Gasteiger partial charge on any atom is 0.274 e. The highest BCUT2D eigenvalue weighted by atomic mass is 35.5. The molecule has 156 valence electrons. The normalized spacial score (nSPS) is 11.0. The van der Waals surface area contributed by atoms with Gasteiger partial charge in [0.15, 0.2) is 5.69 Å². The van der Waals surface area contributed by atoms with Crippen molar-refractivity contribution in [2.45, 2.75) is 39.2 Å². The monoisotopic (exact) mass is 411 g/mol. The van der Waals surface area contributed by atoms with E-state index in [9.17, 15) is 4.79 Å². The van der Waals surface area contributed by atoms with Crippen molar-refractivity contribution in [3.63, 3.8) is 0 Å². The van der Waals surface area contributed by atoms with Gasteiger partial charge in [-0.05, 0) is 44.0 Å². The molecule has 0 saturated carbocycles. The zero-order valence-electron chi connectivity index (χ0n) is 16.9. The molecule has 0 unspecified atom stereocenters. The van der Waals surface area contributed by atoms with Crippen LogP contribution >= 0.6 is 12.4 Å². The molecular formula is C19H30ClN5O3. The predicted molar refractivity (Wildman–Crippen MR) is 111 cm³/mol. The summed E-state index contributed by atoms with van der Waals surface area (Å²) in [4.78, 5) is 14.1. The summed E-state index contributed by atoms with van der Waals surface area (Å²) < 4.78 is 10.5. The van der Waals surface area contributed by atoms with Crippen LogP contribution in [-0.2, 0) is 4.74 Å². The van der Waals surface area contributed by atoms with E-state index in [4.69, 9.17) is 15.2 Å². The number of aromatic nitrogens is 3. The lowest BCUT2D eigenvalue weighted by Gasteiger charge is -2.31. The van der Waals surface area contributed by atoms with E-state index >= 15 is 0 Å². The molecule has 8 nitrogen and oxygen atoms in total. The number of carbonyl (C=O) groups excluding carboxylic acids is 1. The number of aryl methyl sites for hydroxylation is 1. The minimum absolute atomic E-state index is 0. The Labute approximate surface area is 172 Å². The number of hydrogen-bond acceptors (Lipinski definition) is 6. The van der Waals surface area contributed by atoms with Gasteiger partial charge >= 0.3 is 0 Å². The van der Waals surface area contributed by atoms with Crippen LogP contribution in [0, 0.1) is 6.92 Å². The molecule has 0 bridgehead atoms. The molecule has 2 rings (SSSR count). The van der Waals surface area contributed by atoms with Crippen LogP contribution in [0.15, 0.2) is 24.3 Å². The van der Waals surface area contributed by atoms with E-state index in [1.165, 1.54) is 4.80 Å². The molecule has 1 aromatic heterocycles. The fourth-order valence-corrected chi connectivity index (χ4v) is 2.69. The van der Waals surface area contributed by atoms with Crippen LogP contribution < -0.4 is 15.8 Å². The summed E-state index contributed by atoms with van der Waals surface area (Å²) in [5.41, 5.74) is 7.05. The van der Waals surface area contributed by atoms with Crippen molar-refractivity contribution in [3.05, 3.63) is 35.7 Å². The molecular weight excluding hydrogens is 382 g/mol. The van der Waals surface area contributed by atoms with Gasteiger partial charge in [-0.1, -0.05) is 13.8 Å². The Bertz CT molecular complexity index is 736. The van der Waals surface area contributed by atoms with E-state index in [1.807, 2.05) is 38.1 Å². The highest BCUT2D eigenvalue weighted by molar-refractivity contribution is 5.93. The number of nitrogens with one attached hydrogen (secondary N) is 1. The van der Waals surface area contributed by atoms with Crippen molar-refractivity contribution in [2.24, 2.45) is 5.73 Å². The number of ether oxygens (including phenoxy) is 2. The molecule has 3 N–H and O–H groups in total. The van der Waals surface area contributed by atoms with Crippen LogP contribution in [0.3, 0.4) is 0 Å². The van der Waals surface area contributed by atoms with Crippen molar-refractivity contribution in [1.82, 2.24) is 20.3 Å². The van der Waals surface area contributed by atoms with Crippen LogP contribution in [0.5, 0.6) is 5.75 Å². The maximum absolute atomic E-state index is 12.7. The van der Waals surface area contributed by atoms with Gasteiger partial charge in [0, 0.05) is 13.7 Å². The molecule has 28 heavy (non-hydrogen) atoms. The SMILES string of the molecule is CCC(CC)(CN)NC(=O)c1nn(-c2ccc(OCCOC)cc2)nc1C.Cl. The Hall–Kier alpha value is -2.16. The summed E-state index contributed by atoms with van der Waals surface area (Å²) in [5.74, 6) is 0.476. The van der Waals surface area contributed by atoms with E-state index < -0.39 is 5.54 Å². The largest absolute Gasteiger partial charge is 0.491 e. The van der Waals surface area contributed by atoms with Gasteiger partial charge in [0.2, 0.25) is 0 Å². The van der Waals surface area contributed by atoms with Gasteiger partial charge in [-0.15, -0.1) is 17.5 Å². The molecule has 0 spiro atoms. The molecule has 9 heteroatoms. The summed E-state index contributed by atoms with van der Waals surface area (Å²) in [5, 5.41) is 11.8. The molecule has 0 aliphatic rings. The molecule has 1 heterocycles. The van der Waals surface area contributed by atoms with Gasteiger partial charge in [-0.25, -0.2) is 0 Å². The van der Waals surface area contributed by atoms with Crippen LogP contribution in [0.1, 0.15) is 42.9 Å². The summed E-state index contributed by atoms with van der Waals surface area (Å²) >= 11 is 0. The second kappa shape index (κ2) is 11.0. The Morgan fingerprint density at radius 3 is 2.36 bits per heavy atom. The number of rotatable bonds is 10. The van der Waals surface area contributed by atoms with Gasteiger partial charge in [0.1, 0.15) is 12.4 Å². The van der Waals surface area contributed by atoms with E-state index in [2.05, 4.69) is 15.5 Å². The average molecular weight is 412 g/mol. The summed E-state index contributed by atoms with van der Waals surface area (Å²) in [6, 6.07) is 7.34. The topological polar surface area (TPSA) is 104 Å². The number of carbonyl (C=O) groups is 1. The lowest BCUT2D eigenvalue weighted by Crippen LogP contribution is -2.53. The second-order valence-corrected chi connectivity index (χ2v) is 6.40. The first-order valence-electron chi connectivity index (χ1n) is 9.17. The number of amides is 1. The van der Waals surface area contributed by atoms with Crippen molar-refractivity contribution in [3.8, 4) is 11.4 Å². The Kier molecular flexibility index (Phi) is 9.37. The summed E-state index contributed by atoms with van der Waals surface area (Å²) in [6.07, 6.45) is 1.51. The molecule has 0 atom stereocenters. The maximum atomic E-state index is 12.7. The quantitative estimate of drug-likeness (QED) is 0.581. The summed E-state index contributed by atoms with van der Waals surface area (Å²) in [7, 11) is 1.63. The van der Waals surface area contributed by atoms with E-state index in [0.717, 1.165) is 24.3 Å². The molecule has 0 radical (unpaired) electrons. The Balaban J connectivity index is 0.00000392. The minimum Gasteiger partial charge on any atom is -0.491 e. The number of nitrogens with two attached hydrogens (primary N) is 1. The molecule has 1 aromatic carbocycles. The number of halogens is 1. The number of methoxy groups -OCH3 is 1. The lowest BCUT2D eigenvalue weighted by atomic mass is 9.93. The van der Waals surface area contributed by atoms with Crippen molar-refractivity contribution < 1.29 is 14.3 Å². The van der Waals surface area contributed by atoms with Gasteiger partial charge in [-0.2, -0.15) is 9.90 Å². The highest BCUT2D eigenvalue weighted by Crippen LogP contribution is 2.17. The third kappa shape index (κ3) is 5.67. The molecule has 0 fully saturated rings. The van der Waals surface area contributed by atoms with E-state index in [1.54, 1.807) is 14.0 Å². The Morgan fingerprint density at radius 2 is 1.82 bits per heavy atom. The van der Waals surface area contributed by atoms with Gasteiger partial charge in [-0.3, -0.25) is 4.79 Å². The standard InChI is InChI=1S/C19H29N5O3.ClH/c1-5-19(6-2,13-20)21-18(25)17-14(3)22-24(23-17)15-7-9-16(10-8-15)27-12-11-26-4;/h7-10H,5-6,11-13,20H2,1-4H3,(H,21,25);1H. The van der Waals surface area contributed by atoms with Crippen molar-refractivity contribution >= 4 is 18.3 Å². The Morgan fingerprint density at radius 1 is 1.18 bits per heavy atom. The van der Waals surface area contributed by atoms with Gasteiger partial charge in [0.25, 0.3) is 5.91 Å². The number of nitrogens with zero attached hydrogens (tertiary/aromatic N) is 3. The molecule has 1 amide bonds. The molecule has 0 saturated heterocycles. The zero-order valence-corrected chi connectivity index (χ0v) is 17.7. The highest BCUT2D eigenvalue weighted by Gasteiger charge is 2.29. The third-order valence-corrected chi connectivity index (χ3v) is 4.74. The predicted octanol–water partition coefficient (Wildman–Crippen LogP) is 2.27. The molecule has 0 aliphatic carbocycles. The summed E-state index contributed by atoms with van der Waals surface area (Å²) in [6.45, 7) is 7.18. The van der Waals surface area contributed by atoms with Crippen LogP contribution in [0.2, 0.25) is 0 Å². The fraction of sp³-hybridized carbons (Fsp3) is 0.526. The number of hydrogen-bond donors (Lipinski definition) is 2. The van der Waals surface area contributed by atoms with E-state index in [0.29, 0.717) is 31.1 Å².